The van der Waals surface area contributed by atoms with Crippen molar-refractivity contribution in [1.82, 2.24) is 0 Å². The number of hydrogen-bond acceptors (Lipinski definition) is 4. The Morgan fingerprint density at radius 2 is 1.75 bits per heavy atom. The maximum Gasteiger partial charge on any atom is 0.205 e. The first-order chi connectivity index (χ1) is 11.7. The average molecular weight is 314 g/mol. The number of hydrogen-bond donors (Lipinski definition) is 2. The molecule has 1 aliphatic heterocycles. The van der Waals surface area contributed by atoms with Crippen LogP contribution in [-0.4, -0.2) is 5.11 Å². The van der Waals surface area contributed by atoms with E-state index in [9.17, 15) is 10.4 Å². The molecule has 0 bridgehead atoms. The first-order valence-electron chi connectivity index (χ1n) is 7.58. The fraction of sp³-hybridized carbons (Fsp3) is 0.0500. The van der Waals surface area contributed by atoms with Gasteiger partial charge in [-0.15, -0.1) is 0 Å². The van der Waals surface area contributed by atoms with E-state index in [4.69, 9.17) is 10.5 Å². The third-order valence-electron chi connectivity index (χ3n) is 4.33. The Hall–Kier alpha value is -3.45. The normalized spacial score (nSPS) is 16.4. The Morgan fingerprint density at radius 1 is 1.04 bits per heavy atom. The highest BCUT2D eigenvalue weighted by molar-refractivity contribution is 5.92. The Balaban J connectivity index is 2.06. The molecule has 0 fully saturated rings. The van der Waals surface area contributed by atoms with E-state index in [1.807, 2.05) is 60.7 Å². The molecule has 0 unspecified atom stereocenters. The van der Waals surface area contributed by atoms with Crippen molar-refractivity contribution < 1.29 is 9.84 Å². The number of nitrogens with zero attached hydrogens (tertiary/aromatic N) is 1. The first kappa shape index (κ1) is 14.2. The molecule has 0 aliphatic carbocycles. The van der Waals surface area contributed by atoms with Crippen LogP contribution in [0.5, 0.6) is 11.5 Å². The average Bonchev–Trinajstić information content (AvgIpc) is 2.62. The van der Waals surface area contributed by atoms with E-state index < -0.39 is 0 Å². The number of benzene rings is 3. The number of rotatable bonds is 1. The number of phenolic OH excluding ortho intramolecular Hbond substituents is 1. The third-order valence-corrected chi connectivity index (χ3v) is 4.33. The van der Waals surface area contributed by atoms with Crippen molar-refractivity contribution in [3.8, 4) is 17.6 Å². The molecule has 0 spiro atoms. The molecule has 4 nitrogen and oxygen atoms in total. The van der Waals surface area contributed by atoms with Crippen LogP contribution in [0.25, 0.3) is 10.8 Å². The van der Waals surface area contributed by atoms with Gasteiger partial charge in [0.15, 0.2) is 11.5 Å². The second-order valence-corrected chi connectivity index (χ2v) is 5.70. The molecule has 3 aromatic rings. The SMILES string of the molecule is N#CC1=C(N)Oc2c(cc3ccccc3c2O)[C@@H]1c1ccccc1. The number of aromatic hydroxyl groups is 1. The molecule has 0 saturated carbocycles. The topological polar surface area (TPSA) is 79.3 Å². The largest absolute Gasteiger partial charge is 0.504 e. The second-order valence-electron chi connectivity index (χ2n) is 5.70. The van der Waals surface area contributed by atoms with Gasteiger partial charge in [0.1, 0.15) is 11.6 Å². The molecule has 4 heteroatoms. The second kappa shape index (κ2) is 5.32. The molecule has 3 N–H and O–H groups in total. The predicted octanol–water partition coefficient (Wildman–Crippen LogP) is 3.76. The maximum absolute atomic E-state index is 10.7. The van der Waals surface area contributed by atoms with Gasteiger partial charge in [0, 0.05) is 10.9 Å². The Morgan fingerprint density at radius 3 is 2.50 bits per heavy atom. The molecule has 116 valence electrons. The molecule has 1 atom stereocenters. The molecule has 3 aromatic carbocycles. The first-order valence-corrected chi connectivity index (χ1v) is 7.58. The van der Waals surface area contributed by atoms with Crippen molar-refractivity contribution in [3.05, 3.63) is 83.2 Å². The van der Waals surface area contributed by atoms with Crippen LogP contribution in [0.1, 0.15) is 17.0 Å². The zero-order valence-corrected chi connectivity index (χ0v) is 12.7. The molecule has 0 radical (unpaired) electrons. The van der Waals surface area contributed by atoms with Crippen LogP contribution in [0.15, 0.2) is 72.1 Å². The number of nitriles is 1. The lowest BCUT2D eigenvalue weighted by Gasteiger charge is -2.27. The predicted molar refractivity (Wildman–Crippen MR) is 91.4 cm³/mol. The van der Waals surface area contributed by atoms with Crippen LogP contribution in [0, 0.1) is 11.3 Å². The van der Waals surface area contributed by atoms with Gasteiger partial charge in [-0.3, -0.25) is 0 Å². The molecular formula is C20H14N2O2. The number of ether oxygens (including phenoxy) is 1. The van der Waals surface area contributed by atoms with Crippen LogP contribution in [0.2, 0.25) is 0 Å². The molecule has 24 heavy (non-hydrogen) atoms. The lowest BCUT2D eigenvalue weighted by molar-refractivity contribution is 0.361. The van der Waals surface area contributed by atoms with Crippen LogP contribution < -0.4 is 10.5 Å². The van der Waals surface area contributed by atoms with Gasteiger partial charge >= 0.3 is 0 Å². The van der Waals surface area contributed by atoms with Gasteiger partial charge in [0.25, 0.3) is 0 Å². The lowest BCUT2D eigenvalue weighted by Crippen LogP contribution is -2.21. The van der Waals surface area contributed by atoms with Crippen molar-refractivity contribution in [2.24, 2.45) is 5.73 Å². The quantitative estimate of drug-likeness (QED) is 0.716. The molecule has 1 heterocycles. The van der Waals surface area contributed by atoms with Gasteiger partial charge in [-0.25, -0.2) is 0 Å². The van der Waals surface area contributed by atoms with Gasteiger partial charge in [0.2, 0.25) is 5.88 Å². The fourth-order valence-corrected chi connectivity index (χ4v) is 3.23. The molecule has 0 saturated heterocycles. The standard InChI is InChI=1S/C20H14N2O2/c21-11-16-17(12-6-2-1-3-7-12)15-10-13-8-4-5-9-14(13)18(23)19(15)24-20(16)22/h1-10,17,23H,22H2/t17-/m0/s1. The van der Waals surface area contributed by atoms with Crippen molar-refractivity contribution in [3.63, 3.8) is 0 Å². The smallest absolute Gasteiger partial charge is 0.205 e. The number of nitrogens with two attached hydrogens (primary N) is 1. The highest BCUT2D eigenvalue weighted by Crippen LogP contribution is 2.48. The summed E-state index contributed by atoms with van der Waals surface area (Å²) in [6.07, 6.45) is 0. The molecule has 0 aromatic heterocycles. The minimum absolute atomic E-state index is 0.0319. The van der Waals surface area contributed by atoms with Crippen molar-refractivity contribution in [2.45, 2.75) is 5.92 Å². The van der Waals surface area contributed by atoms with E-state index in [0.717, 1.165) is 16.5 Å². The summed E-state index contributed by atoms with van der Waals surface area (Å²) in [6, 6.07) is 21.2. The summed E-state index contributed by atoms with van der Waals surface area (Å²) >= 11 is 0. The van der Waals surface area contributed by atoms with E-state index in [1.54, 1.807) is 0 Å². The van der Waals surface area contributed by atoms with E-state index in [1.165, 1.54) is 0 Å². The van der Waals surface area contributed by atoms with Gasteiger partial charge in [0.05, 0.1) is 5.92 Å². The van der Waals surface area contributed by atoms with E-state index in [-0.39, 0.29) is 17.6 Å². The van der Waals surface area contributed by atoms with Crippen molar-refractivity contribution in [2.75, 3.05) is 0 Å². The third kappa shape index (κ3) is 1.99. The van der Waals surface area contributed by atoms with Gasteiger partial charge < -0.3 is 15.6 Å². The van der Waals surface area contributed by atoms with E-state index >= 15 is 0 Å². The van der Waals surface area contributed by atoms with E-state index in [0.29, 0.717) is 16.7 Å². The van der Waals surface area contributed by atoms with Crippen LogP contribution in [0.3, 0.4) is 0 Å². The monoisotopic (exact) mass is 314 g/mol. The highest BCUT2D eigenvalue weighted by atomic mass is 16.5. The Bertz CT molecular complexity index is 1020. The minimum atomic E-state index is -0.365. The molecular weight excluding hydrogens is 300 g/mol. The summed E-state index contributed by atoms with van der Waals surface area (Å²) in [5.41, 5.74) is 7.99. The summed E-state index contributed by atoms with van der Waals surface area (Å²) < 4.78 is 5.61. The summed E-state index contributed by atoms with van der Waals surface area (Å²) in [6.45, 7) is 0. The fourth-order valence-electron chi connectivity index (χ4n) is 3.23. The lowest BCUT2D eigenvalue weighted by atomic mass is 9.82. The maximum atomic E-state index is 10.7. The highest BCUT2D eigenvalue weighted by Gasteiger charge is 2.33. The Labute approximate surface area is 139 Å². The summed E-state index contributed by atoms with van der Waals surface area (Å²) in [4.78, 5) is 0. The summed E-state index contributed by atoms with van der Waals surface area (Å²) in [5, 5.41) is 21.8. The zero-order valence-electron chi connectivity index (χ0n) is 12.7. The molecule has 1 aliphatic rings. The van der Waals surface area contributed by atoms with Gasteiger partial charge in [-0.1, -0.05) is 54.6 Å². The minimum Gasteiger partial charge on any atom is -0.504 e. The molecule has 4 rings (SSSR count). The number of allylic oxidation sites excluding steroid dienone is 1. The van der Waals surface area contributed by atoms with Gasteiger partial charge in [-0.2, -0.15) is 5.26 Å². The number of fused-ring (bicyclic) bond motifs is 2. The van der Waals surface area contributed by atoms with E-state index in [2.05, 4.69) is 6.07 Å². The number of phenols is 1. The van der Waals surface area contributed by atoms with Crippen LogP contribution in [0.4, 0.5) is 0 Å². The molecule has 0 amide bonds. The zero-order chi connectivity index (χ0) is 16.7. The Kier molecular flexibility index (Phi) is 3.14. The van der Waals surface area contributed by atoms with Crippen molar-refractivity contribution in [1.29, 1.82) is 5.26 Å². The van der Waals surface area contributed by atoms with Crippen LogP contribution in [-0.2, 0) is 0 Å². The summed E-state index contributed by atoms with van der Waals surface area (Å²) in [5.74, 6) is 0.0305. The van der Waals surface area contributed by atoms with Crippen molar-refractivity contribution >= 4 is 10.8 Å². The summed E-state index contributed by atoms with van der Waals surface area (Å²) in [7, 11) is 0. The van der Waals surface area contributed by atoms with Crippen LogP contribution >= 0.6 is 0 Å². The van der Waals surface area contributed by atoms with Gasteiger partial charge in [-0.05, 0) is 17.0 Å².